The molecule has 0 aliphatic rings. The van der Waals surface area contributed by atoms with Crippen molar-refractivity contribution in [2.24, 2.45) is 0 Å². The second-order valence-corrected chi connectivity index (χ2v) is 8.56. The standard InChI is InChI=1S/C31H23F3/c32-31(33,34)29-18-22(17-28(21-29)27-16-15-23-9-7-8-14-26(23)20-27)19-30(24-10-3-1-4-11-24)25-12-5-2-6-13-25/h1-18,20-21,30H,19H2. The van der Waals surface area contributed by atoms with Gasteiger partial charge in [-0.1, -0.05) is 103 Å². The number of fused-ring (bicyclic) bond motifs is 1. The van der Waals surface area contributed by atoms with Crippen LogP contribution in [0.4, 0.5) is 13.2 Å². The molecular weight excluding hydrogens is 429 g/mol. The summed E-state index contributed by atoms with van der Waals surface area (Å²) in [6.07, 6.45) is -3.95. The first kappa shape index (κ1) is 22.0. The van der Waals surface area contributed by atoms with Gasteiger partial charge in [0.15, 0.2) is 0 Å². The van der Waals surface area contributed by atoms with E-state index >= 15 is 0 Å². The van der Waals surface area contributed by atoms with Gasteiger partial charge in [-0.15, -0.1) is 0 Å². The molecule has 0 heterocycles. The molecule has 0 radical (unpaired) electrons. The molecule has 0 aliphatic carbocycles. The molecule has 0 saturated heterocycles. The van der Waals surface area contributed by atoms with Crippen molar-refractivity contribution in [1.82, 2.24) is 0 Å². The van der Waals surface area contributed by atoms with Gasteiger partial charge < -0.3 is 0 Å². The topological polar surface area (TPSA) is 0 Å². The van der Waals surface area contributed by atoms with E-state index in [2.05, 4.69) is 0 Å². The van der Waals surface area contributed by atoms with Crippen LogP contribution in [0, 0.1) is 0 Å². The predicted molar refractivity (Wildman–Crippen MR) is 133 cm³/mol. The Morgan fingerprint density at radius 3 is 1.74 bits per heavy atom. The molecule has 0 saturated carbocycles. The van der Waals surface area contributed by atoms with Gasteiger partial charge in [-0.3, -0.25) is 0 Å². The van der Waals surface area contributed by atoms with E-state index < -0.39 is 11.7 Å². The van der Waals surface area contributed by atoms with Gasteiger partial charge in [0.2, 0.25) is 0 Å². The minimum Gasteiger partial charge on any atom is -0.166 e. The van der Waals surface area contributed by atoms with Crippen molar-refractivity contribution >= 4 is 10.8 Å². The Hall–Kier alpha value is -3.85. The van der Waals surface area contributed by atoms with E-state index in [0.717, 1.165) is 27.5 Å². The van der Waals surface area contributed by atoms with Crippen molar-refractivity contribution in [3.63, 3.8) is 0 Å². The van der Waals surface area contributed by atoms with Crippen LogP contribution in [0.5, 0.6) is 0 Å². The van der Waals surface area contributed by atoms with E-state index in [1.807, 2.05) is 109 Å². The van der Waals surface area contributed by atoms with Gasteiger partial charge in [0.05, 0.1) is 5.56 Å². The lowest BCUT2D eigenvalue weighted by molar-refractivity contribution is -0.137. The average Bonchev–Trinajstić information content (AvgIpc) is 2.87. The Labute approximate surface area is 197 Å². The van der Waals surface area contributed by atoms with Crippen LogP contribution in [-0.2, 0) is 12.6 Å². The minimum absolute atomic E-state index is 0.0460. The second kappa shape index (κ2) is 9.18. The highest BCUT2D eigenvalue weighted by Crippen LogP contribution is 2.36. The number of hydrogen-bond donors (Lipinski definition) is 0. The van der Waals surface area contributed by atoms with Crippen LogP contribution < -0.4 is 0 Å². The van der Waals surface area contributed by atoms with E-state index in [0.29, 0.717) is 17.5 Å². The van der Waals surface area contributed by atoms with E-state index in [1.165, 1.54) is 12.1 Å². The van der Waals surface area contributed by atoms with Crippen LogP contribution in [0.1, 0.15) is 28.2 Å². The van der Waals surface area contributed by atoms with Crippen LogP contribution >= 0.6 is 0 Å². The summed E-state index contributed by atoms with van der Waals surface area (Å²) in [4.78, 5) is 0. The molecule has 168 valence electrons. The van der Waals surface area contributed by atoms with Gasteiger partial charge in [0.1, 0.15) is 0 Å². The Morgan fingerprint density at radius 2 is 1.12 bits per heavy atom. The normalized spacial score (nSPS) is 11.8. The molecule has 0 N–H and O–H groups in total. The van der Waals surface area contributed by atoms with Gasteiger partial charge in [-0.05, 0) is 63.2 Å². The number of rotatable bonds is 5. The fraction of sp³-hybridized carbons (Fsp3) is 0.0968. The molecule has 3 heteroatoms. The predicted octanol–water partition coefficient (Wildman–Crippen LogP) is 8.90. The van der Waals surface area contributed by atoms with E-state index in [4.69, 9.17) is 0 Å². The van der Waals surface area contributed by atoms with Crippen LogP contribution in [0.3, 0.4) is 0 Å². The van der Waals surface area contributed by atoms with Crippen molar-refractivity contribution < 1.29 is 13.2 Å². The van der Waals surface area contributed by atoms with Crippen LogP contribution in [0.2, 0.25) is 0 Å². The van der Waals surface area contributed by atoms with Gasteiger partial charge in [-0.2, -0.15) is 13.2 Å². The van der Waals surface area contributed by atoms with E-state index in [-0.39, 0.29) is 5.92 Å². The van der Waals surface area contributed by atoms with Gasteiger partial charge >= 0.3 is 6.18 Å². The molecular formula is C31H23F3. The van der Waals surface area contributed by atoms with Crippen LogP contribution in [0.15, 0.2) is 121 Å². The lowest BCUT2D eigenvalue weighted by atomic mass is 9.85. The summed E-state index contributed by atoms with van der Waals surface area (Å²) in [6.45, 7) is 0. The van der Waals surface area contributed by atoms with Crippen molar-refractivity contribution in [2.75, 3.05) is 0 Å². The van der Waals surface area contributed by atoms with Gasteiger partial charge in [0.25, 0.3) is 0 Å². The largest absolute Gasteiger partial charge is 0.416 e. The maximum atomic E-state index is 13.9. The van der Waals surface area contributed by atoms with Crippen LogP contribution in [0.25, 0.3) is 21.9 Å². The van der Waals surface area contributed by atoms with Crippen molar-refractivity contribution in [2.45, 2.75) is 18.5 Å². The third kappa shape index (κ3) is 4.74. The molecule has 0 bridgehead atoms. The maximum Gasteiger partial charge on any atom is 0.416 e. The Bertz CT molecular complexity index is 1360. The summed E-state index contributed by atoms with van der Waals surface area (Å²) in [7, 11) is 0. The monoisotopic (exact) mass is 452 g/mol. The molecule has 0 atom stereocenters. The Balaban J connectivity index is 1.61. The summed E-state index contributed by atoms with van der Waals surface area (Å²) < 4.78 is 41.7. The minimum atomic E-state index is -4.42. The molecule has 0 aliphatic heterocycles. The zero-order valence-electron chi connectivity index (χ0n) is 18.5. The molecule has 5 rings (SSSR count). The molecule has 0 fully saturated rings. The molecule has 0 aromatic heterocycles. The zero-order valence-corrected chi connectivity index (χ0v) is 18.5. The zero-order chi connectivity index (χ0) is 23.5. The third-order valence-electron chi connectivity index (χ3n) is 6.25. The molecule has 34 heavy (non-hydrogen) atoms. The van der Waals surface area contributed by atoms with E-state index in [1.54, 1.807) is 0 Å². The Morgan fingerprint density at radius 1 is 0.529 bits per heavy atom. The highest BCUT2D eigenvalue weighted by molar-refractivity contribution is 5.87. The van der Waals surface area contributed by atoms with E-state index in [9.17, 15) is 13.2 Å². The maximum absolute atomic E-state index is 13.9. The molecule has 0 spiro atoms. The summed E-state index contributed by atoms with van der Waals surface area (Å²) in [6, 6.07) is 38.1. The van der Waals surface area contributed by atoms with Crippen molar-refractivity contribution in [3.8, 4) is 11.1 Å². The first-order valence-corrected chi connectivity index (χ1v) is 11.3. The quantitative estimate of drug-likeness (QED) is 0.250. The molecule has 0 unspecified atom stereocenters. The fourth-order valence-electron chi connectivity index (χ4n) is 4.54. The Kier molecular flexibility index (Phi) is 5.93. The SMILES string of the molecule is FC(F)(F)c1cc(CC(c2ccccc2)c2ccccc2)cc(-c2ccc3ccccc3c2)c1. The first-order chi connectivity index (χ1) is 16.5. The van der Waals surface area contributed by atoms with Gasteiger partial charge in [0, 0.05) is 5.92 Å². The summed E-state index contributed by atoms with van der Waals surface area (Å²) in [5.41, 5.74) is 3.57. The summed E-state index contributed by atoms with van der Waals surface area (Å²) in [5.74, 6) is -0.0460. The highest BCUT2D eigenvalue weighted by atomic mass is 19.4. The number of hydrogen-bond acceptors (Lipinski definition) is 0. The highest BCUT2D eigenvalue weighted by Gasteiger charge is 2.31. The summed E-state index contributed by atoms with van der Waals surface area (Å²) >= 11 is 0. The molecule has 0 nitrogen and oxygen atoms in total. The second-order valence-electron chi connectivity index (χ2n) is 8.56. The molecule has 0 amide bonds. The van der Waals surface area contributed by atoms with Gasteiger partial charge in [-0.25, -0.2) is 0 Å². The lowest BCUT2D eigenvalue weighted by Crippen LogP contribution is -2.09. The smallest absolute Gasteiger partial charge is 0.166 e. The number of alkyl halides is 3. The fourth-order valence-corrected chi connectivity index (χ4v) is 4.54. The van der Waals surface area contributed by atoms with Crippen molar-refractivity contribution in [1.29, 1.82) is 0 Å². The molecule has 5 aromatic rings. The number of benzene rings is 5. The number of halogens is 3. The lowest BCUT2D eigenvalue weighted by Gasteiger charge is -2.20. The van der Waals surface area contributed by atoms with Crippen molar-refractivity contribution in [3.05, 3.63) is 144 Å². The van der Waals surface area contributed by atoms with Crippen LogP contribution in [-0.4, -0.2) is 0 Å². The molecule has 5 aromatic carbocycles. The summed E-state index contributed by atoms with van der Waals surface area (Å²) in [5, 5.41) is 2.07. The first-order valence-electron chi connectivity index (χ1n) is 11.3. The third-order valence-corrected chi connectivity index (χ3v) is 6.25. The average molecular weight is 453 g/mol.